The minimum absolute atomic E-state index is 0.166. The lowest BCUT2D eigenvalue weighted by atomic mass is 9.96. The molecule has 17 heavy (non-hydrogen) atoms. The van der Waals surface area contributed by atoms with E-state index >= 15 is 0 Å². The van der Waals surface area contributed by atoms with Crippen molar-refractivity contribution in [3.63, 3.8) is 0 Å². The fraction of sp³-hybridized carbons (Fsp3) is 0.444. The van der Waals surface area contributed by atoms with Gasteiger partial charge in [-0.2, -0.15) is 4.98 Å². The maximum Gasteiger partial charge on any atom is 0.343 e. The largest absolute Gasteiger partial charge is 0.358 e. The summed E-state index contributed by atoms with van der Waals surface area (Å²) in [6, 6.07) is 1.25. The molecule has 0 saturated heterocycles. The van der Waals surface area contributed by atoms with Crippen LogP contribution >= 0.6 is 0 Å². The average molecular weight is 237 g/mol. The molecule has 0 spiro atoms. The van der Waals surface area contributed by atoms with Crippen molar-refractivity contribution >= 4 is 5.82 Å². The van der Waals surface area contributed by atoms with E-state index in [0.717, 1.165) is 0 Å². The number of H-pyrrole nitrogens is 1. The summed E-state index contributed by atoms with van der Waals surface area (Å²) in [6.07, 6.45) is 0. The lowest BCUT2D eigenvalue weighted by Crippen LogP contribution is -2.13. The van der Waals surface area contributed by atoms with Crippen LogP contribution in [-0.4, -0.2) is 25.3 Å². The van der Waals surface area contributed by atoms with Crippen molar-refractivity contribution in [2.45, 2.75) is 26.2 Å². The molecule has 2 aromatic rings. The number of nitrogens with zero attached hydrogens (tertiary/aromatic N) is 4. The van der Waals surface area contributed by atoms with Crippen LogP contribution in [-0.2, 0) is 5.41 Å². The van der Waals surface area contributed by atoms with Gasteiger partial charge in [0.2, 0.25) is 0 Å². The highest BCUT2D eigenvalue weighted by atomic mass is 16.6. The first kappa shape index (κ1) is 11.2. The van der Waals surface area contributed by atoms with Gasteiger partial charge in [-0.3, -0.25) is 0 Å². The Labute approximate surface area is 96.2 Å². The molecule has 0 aromatic carbocycles. The molecule has 2 aromatic heterocycles. The Kier molecular flexibility index (Phi) is 2.41. The molecule has 0 unspecified atom stereocenters. The van der Waals surface area contributed by atoms with Crippen molar-refractivity contribution in [1.82, 2.24) is 20.3 Å². The van der Waals surface area contributed by atoms with Crippen LogP contribution < -0.4 is 0 Å². The Hall–Kier alpha value is -2.25. The summed E-state index contributed by atoms with van der Waals surface area (Å²) in [6.45, 7) is 5.82. The van der Waals surface area contributed by atoms with Gasteiger partial charge in [-0.25, -0.2) is 0 Å². The van der Waals surface area contributed by atoms with Crippen LogP contribution in [0.5, 0.6) is 0 Å². The number of nitrogens with one attached hydrogen (secondary N) is 1. The van der Waals surface area contributed by atoms with E-state index in [9.17, 15) is 10.1 Å². The van der Waals surface area contributed by atoms with Crippen molar-refractivity contribution in [2.24, 2.45) is 0 Å². The Bertz CT molecular complexity index is 551. The van der Waals surface area contributed by atoms with E-state index in [0.29, 0.717) is 5.82 Å². The molecule has 0 fully saturated rings. The first-order chi connectivity index (χ1) is 7.88. The summed E-state index contributed by atoms with van der Waals surface area (Å²) in [4.78, 5) is 14.0. The SMILES string of the molecule is CC(C)(C)c1noc(-c2cc([N+](=O)[O-])[nH]n2)n1. The van der Waals surface area contributed by atoms with Gasteiger partial charge in [-0.1, -0.05) is 31.0 Å². The maximum absolute atomic E-state index is 10.5. The molecule has 0 atom stereocenters. The Morgan fingerprint density at radius 3 is 2.65 bits per heavy atom. The molecule has 0 aliphatic heterocycles. The van der Waals surface area contributed by atoms with E-state index in [-0.39, 0.29) is 22.8 Å². The summed E-state index contributed by atoms with van der Waals surface area (Å²) in [5, 5.41) is 20.3. The molecule has 2 heterocycles. The second-order valence-electron chi connectivity index (χ2n) is 4.57. The quantitative estimate of drug-likeness (QED) is 0.628. The number of hydrogen-bond acceptors (Lipinski definition) is 6. The van der Waals surface area contributed by atoms with Gasteiger partial charge < -0.3 is 14.6 Å². The molecule has 0 amide bonds. The zero-order valence-electron chi connectivity index (χ0n) is 9.59. The van der Waals surface area contributed by atoms with E-state index in [1.54, 1.807) is 0 Å². The fourth-order valence-electron chi connectivity index (χ4n) is 1.15. The predicted molar refractivity (Wildman–Crippen MR) is 57.2 cm³/mol. The number of aromatic nitrogens is 4. The van der Waals surface area contributed by atoms with Crippen LogP contribution in [0.4, 0.5) is 5.82 Å². The first-order valence-electron chi connectivity index (χ1n) is 4.92. The Balaban J connectivity index is 2.34. The molecular weight excluding hydrogens is 226 g/mol. The molecule has 2 rings (SSSR count). The third-order valence-corrected chi connectivity index (χ3v) is 2.08. The number of rotatable bonds is 2. The van der Waals surface area contributed by atoms with Gasteiger partial charge in [-0.05, 0) is 4.92 Å². The van der Waals surface area contributed by atoms with Crippen LogP contribution in [0, 0.1) is 10.1 Å². The van der Waals surface area contributed by atoms with Crippen molar-refractivity contribution in [3.8, 4) is 11.6 Å². The summed E-state index contributed by atoms with van der Waals surface area (Å²) in [5.74, 6) is 0.480. The normalized spacial score (nSPS) is 11.7. The van der Waals surface area contributed by atoms with E-state index < -0.39 is 4.92 Å². The van der Waals surface area contributed by atoms with Gasteiger partial charge in [0.05, 0.1) is 6.07 Å². The van der Waals surface area contributed by atoms with E-state index in [1.807, 2.05) is 20.8 Å². The fourth-order valence-corrected chi connectivity index (χ4v) is 1.15. The number of hydrogen-bond donors (Lipinski definition) is 1. The molecular formula is C9H11N5O3. The molecule has 8 heteroatoms. The highest BCUT2D eigenvalue weighted by Crippen LogP contribution is 2.23. The highest BCUT2D eigenvalue weighted by Gasteiger charge is 2.23. The monoisotopic (exact) mass is 237 g/mol. The van der Waals surface area contributed by atoms with Gasteiger partial charge in [0, 0.05) is 5.41 Å². The van der Waals surface area contributed by atoms with Crippen LogP contribution in [0.2, 0.25) is 0 Å². The van der Waals surface area contributed by atoms with Crippen molar-refractivity contribution < 1.29 is 9.45 Å². The number of aromatic amines is 1. The Morgan fingerprint density at radius 1 is 1.47 bits per heavy atom. The van der Waals surface area contributed by atoms with Gasteiger partial charge in [0.15, 0.2) is 11.5 Å². The zero-order valence-corrected chi connectivity index (χ0v) is 9.59. The molecule has 0 aliphatic carbocycles. The minimum Gasteiger partial charge on any atom is -0.358 e. The second kappa shape index (κ2) is 3.65. The van der Waals surface area contributed by atoms with E-state index in [1.165, 1.54) is 6.07 Å². The molecule has 1 N–H and O–H groups in total. The van der Waals surface area contributed by atoms with Crippen molar-refractivity contribution in [3.05, 3.63) is 22.0 Å². The predicted octanol–water partition coefficient (Wildman–Crippen LogP) is 1.67. The van der Waals surface area contributed by atoms with Gasteiger partial charge in [0.1, 0.15) is 0 Å². The minimum atomic E-state index is -0.572. The van der Waals surface area contributed by atoms with Gasteiger partial charge >= 0.3 is 5.82 Å². The smallest absolute Gasteiger partial charge is 0.343 e. The Morgan fingerprint density at radius 2 is 2.18 bits per heavy atom. The standard InChI is InChI=1S/C9H11N5O3/c1-9(2,3)8-10-7(17-13-8)5-4-6(12-11-5)14(15)16/h4H,1-3H3,(H,11,12). The van der Waals surface area contributed by atoms with Crippen LogP contribution in [0.15, 0.2) is 10.6 Å². The maximum atomic E-state index is 10.5. The lowest BCUT2D eigenvalue weighted by molar-refractivity contribution is -0.389. The van der Waals surface area contributed by atoms with Crippen LogP contribution in [0.3, 0.4) is 0 Å². The van der Waals surface area contributed by atoms with Gasteiger partial charge in [-0.15, -0.1) is 5.10 Å². The van der Waals surface area contributed by atoms with Gasteiger partial charge in [0.25, 0.3) is 5.89 Å². The molecule has 0 saturated carbocycles. The number of nitro groups is 1. The zero-order chi connectivity index (χ0) is 12.6. The lowest BCUT2D eigenvalue weighted by Gasteiger charge is -2.10. The first-order valence-corrected chi connectivity index (χ1v) is 4.92. The summed E-state index contributed by atoms with van der Waals surface area (Å²) in [7, 11) is 0. The van der Waals surface area contributed by atoms with Crippen LogP contribution in [0.25, 0.3) is 11.6 Å². The van der Waals surface area contributed by atoms with E-state index in [4.69, 9.17) is 4.52 Å². The summed E-state index contributed by atoms with van der Waals surface area (Å²) >= 11 is 0. The molecule has 90 valence electrons. The van der Waals surface area contributed by atoms with E-state index in [2.05, 4.69) is 20.3 Å². The summed E-state index contributed by atoms with van der Waals surface area (Å²) in [5.41, 5.74) is 0.0176. The summed E-state index contributed by atoms with van der Waals surface area (Å²) < 4.78 is 5.00. The second-order valence-corrected chi connectivity index (χ2v) is 4.57. The molecule has 8 nitrogen and oxygen atoms in total. The topological polar surface area (TPSA) is 111 Å². The van der Waals surface area contributed by atoms with Crippen molar-refractivity contribution in [2.75, 3.05) is 0 Å². The molecule has 0 bridgehead atoms. The molecule has 0 aliphatic rings. The van der Waals surface area contributed by atoms with Crippen molar-refractivity contribution in [1.29, 1.82) is 0 Å². The average Bonchev–Trinajstić information content (AvgIpc) is 2.85. The third kappa shape index (κ3) is 2.14. The highest BCUT2D eigenvalue weighted by molar-refractivity contribution is 5.49. The van der Waals surface area contributed by atoms with Crippen LogP contribution in [0.1, 0.15) is 26.6 Å². The molecule has 0 radical (unpaired) electrons. The third-order valence-electron chi connectivity index (χ3n) is 2.08.